The van der Waals surface area contributed by atoms with Crippen molar-refractivity contribution < 1.29 is 9.47 Å². The highest BCUT2D eigenvalue weighted by Crippen LogP contribution is 2.33. The number of nitriles is 1. The number of nitrogens with one attached hydrogen (secondary N) is 1. The van der Waals surface area contributed by atoms with Crippen LogP contribution in [0.15, 0.2) is 24.5 Å². The molecule has 0 bridgehead atoms. The lowest BCUT2D eigenvalue weighted by atomic mass is 10.2. The van der Waals surface area contributed by atoms with Crippen molar-refractivity contribution in [1.29, 1.82) is 5.26 Å². The second-order valence-electron chi connectivity index (χ2n) is 3.98. The highest BCUT2D eigenvalue weighted by Gasteiger charge is 2.14. The van der Waals surface area contributed by atoms with Crippen molar-refractivity contribution in [3.05, 3.63) is 35.4 Å². The van der Waals surface area contributed by atoms with Crippen LogP contribution in [-0.2, 0) is 0 Å². The summed E-state index contributed by atoms with van der Waals surface area (Å²) in [7, 11) is 1.49. The van der Waals surface area contributed by atoms with Gasteiger partial charge in [-0.2, -0.15) is 15.2 Å². The van der Waals surface area contributed by atoms with Gasteiger partial charge in [0.05, 0.1) is 25.1 Å². The zero-order valence-corrected chi connectivity index (χ0v) is 11.5. The standard InChI is InChI=1S/C13H8ClN5O2/c1-20-9-4-7(5-15)2-3-8(9)21-12-10-11(17-6-16-10)18-13(14)19-12/h2-4,6H,1H3,(H,16,17,18,19). The lowest BCUT2D eigenvalue weighted by Crippen LogP contribution is -1.95. The SMILES string of the molecule is COc1cc(C#N)ccc1Oc1nc(Cl)nc2nc[nH]c12. The van der Waals surface area contributed by atoms with E-state index in [0.717, 1.165) is 0 Å². The molecule has 0 aliphatic carbocycles. The summed E-state index contributed by atoms with van der Waals surface area (Å²) in [5.41, 5.74) is 1.38. The van der Waals surface area contributed by atoms with Crippen molar-refractivity contribution in [2.75, 3.05) is 7.11 Å². The highest BCUT2D eigenvalue weighted by atomic mass is 35.5. The first kappa shape index (κ1) is 13.1. The van der Waals surface area contributed by atoms with Gasteiger partial charge in [-0.15, -0.1) is 0 Å². The Morgan fingerprint density at radius 1 is 1.29 bits per heavy atom. The summed E-state index contributed by atoms with van der Waals surface area (Å²) in [5, 5.41) is 8.92. The van der Waals surface area contributed by atoms with Gasteiger partial charge in [0.25, 0.3) is 0 Å². The van der Waals surface area contributed by atoms with E-state index in [1.807, 2.05) is 6.07 Å². The summed E-state index contributed by atoms with van der Waals surface area (Å²) >= 11 is 5.84. The van der Waals surface area contributed by atoms with Crippen molar-refractivity contribution in [3.63, 3.8) is 0 Å². The first-order valence-corrected chi connectivity index (χ1v) is 6.21. The molecule has 0 saturated carbocycles. The van der Waals surface area contributed by atoms with Crippen molar-refractivity contribution >= 4 is 22.8 Å². The smallest absolute Gasteiger partial charge is 0.250 e. The van der Waals surface area contributed by atoms with Crippen LogP contribution < -0.4 is 9.47 Å². The number of aromatic nitrogens is 4. The minimum Gasteiger partial charge on any atom is -0.493 e. The molecular formula is C13H8ClN5O2. The fraction of sp³-hybridized carbons (Fsp3) is 0.0769. The van der Waals surface area contributed by atoms with Gasteiger partial charge in [-0.3, -0.25) is 0 Å². The summed E-state index contributed by atoms with van der Waals surface area (Å²) < 4.78 is 10.9. The van der Waals surface area contributed by atoms with Crippen LogP contribution in [0.4, 0.5) is 0 Å². The number of rotatable bonds is 3. The number of fused-ring (bicyclic) bond motifs is 1. The molecule has 0 aliphatic heterocycles. The maximum atomic E-state index is 8.89. The highest BCUT2D eigenvalue weighted by molar-refractivity contribution is 6.28. The van der Waals surface area contributed by atoms with Gasteiger partial charge in [0, 0.05) is 6.07 Å². The summed E-state index contributed by atoms with van der Waals surface area (Å²) in [6.45, 7) is 0. The van der Waals surface area contributed by atoms with Crippen LogP contribution in [0.2, 0.25) is 5.28 Å². The molecule has 2 heterocycles. The van der Waals surface area contributed by atoms with Gasteiger partial charge in [0.15, 0.2) is 17.1 Å². The molecule has 3 rings (SSSR count). The second-order valence-corrected chi connectivity index (χ2v) is 4.32. The Morgan fingerprint density at radius 2 is 2.14 bits per heavy atom. The topological polar surface area (TPSA) is 96.7 Å². The van der Waals surface area contributed by atoms with E-state index in [0.29, 0.717) is 28.2 Å². The molecule has 8 heteroatoms. The Kier molecular flexibility index (Phi) is 3.30. The van der Waals surface area contributed by atoms with E-state index >= 15 is 0 Å². The maximum absolute atomic E-state index is 8.89. The first-order valence-electron chi connectivity index (χ1n) is 5.84. The van der Waals surface area contributed by atoms with Gasteiger partial charge < -0.3 is 14.5 Å². The fourth-order valence-corrected chi connectivity index (χ4v) is 1.94. The molecule has 7 nitrogen and oxygen atoms in total. The molecule has 0 fully saturated rings. The molecule has 0 spiro atoms. The number of hydrogen-bond acceptors (Lipinski definition) is 6. The molecule has 2 aromatic heterocycles. The molecule has 0 unspecified atom stereocenters. The Balaban J connectivity index is 2.06. The van der Waals surface area contributed by atoms with Crippen LogP contribution in [0.1, 0.15) is 5.56 Å². The predicted molar refractivity (Wildman–Crippen MR) is 74.5 cm³/mol. The van der Waals surface area contributed by atoms with Gasteiger partial charge in [-0.05, 0) is 23.7 Å². The van der Waals surface area contributed by atoms with Crippen molar-refractivity contribution in [2.45, 2.75) is 0 Å². The summed E-state index contributed by atoms with van der Waals surface area (Å²) in [5.74, 6) is 1.05. The summed E-state index contributed by atoms with van der Waals surface area (Å²) in [6, 6.07) is 6.84. The number of ether oxygens (including phenoxy) is 2. The molecule has 0 aliphatic rings. The van der Waals surface area contributed by atoms with Gasteiger partial charge >= 0.3 is 0 Å². The van der Waals surface area contributed by atoms with Crippen LogP contribution in [0.3, 0.4) is 0 Å². The molecule has 0 radical (unpaired) electrons. The third-order valence-electron chi connectivity index (χ3n) is 2.72. The van der Waals surface area contributed by atoms with E-state index in [2.05, 4.69) is 19.9 Å². The lowest BCUT2D eigenvalue weighted by Gasteiger charge is -2.10. The lowest BCUT2D eigenvalue weighted by molar-refractivity contribution is 0.375. The molecule has 1 aromatic carbocycles. The average Bonchev–Trinajstić information content (AvgIpc) is 2.96. The van der Waals surface area contributed by atoms with E-state index in [-0.39, 0.29) is 11.2 Å². The van der Waals surface area contributed by atoms with E-state index in [1.54, 1.807) is 18.2 Å². The molecule has 0 saturated heterocycles. The predicted octanol–water partition coefficient (Wildman–Crippen LogP) is 2.68. The molecule has 21 heavy (non-hydrogen) atoms. The number of H-pyrrole nitrogens is 1. The Bertz CT molecular complexity index is 855. The Hall–Kier alpha value is -2.85. The summed E-state index contributed by atoms with van der Waals surface area (Å²) in [4.78, 5) is 14.9. The number of benzene rings is 1. The number of nitrogens with zero attached hydrogens (tertiary/aromatic N) is 4. The average molecular weight is 302 g/mol. The molecular weight excluding hydrogens is 294 g/mol. The first-order chi connectivity index (χ1) is 10.2. The van der Waals surface area contributed by atoms with E-state index in [1.165, 1.54) is 13.4 Å². The minimum atomic E-state index is 0.0252. The van der Waals surface area contributed by atoms with Crippen LogP contribution >= 0.6 is 11.6 Å². The molecule has 0 atom stereocenters. The second kappa shape index (κ2) is 5.26. The third-order valence-corrected chi connectivity index (χ3v) is 2.89. The minimum absolute atomic E-state index is 0.0252. The number of aromatic amines is 1. The Morgan fingerprint density at radius 3 is 2.90 bits per heavy atom. The summed E-state index contributed by atoms with van der Waals surface area (Å²) in [6.07, 6.45) is 1.47. The fourth-order valence-electron chi connectivity index (χ4n) is 1.78. The largest absolute Gasteiger partial charge is 0.493 e. The van der Waals surface area contributed by atoms with E-state index in [9.17, 15) is 0 Å². The van der Waals surface area contributed by atoms with Gasteiger partial charge in [-0.1, -0.05) is 0 Å². The number of imidazole rings is 1. The number of hydrogen-bond donors (Lipinski definition) is 1. The normalized spacial score (nSPS) is 10.3. The van der Waals surface area contributed by atoms with Gasteiger partial charge in [0.2, 0.25) is 11.2 Å². The van der Waals surface area contributed by atoms with Crippen molar-refractivity contribution in [1.82, 2.24) is 19.9 Å². The molecule has 0 amide bonds. The van der Waals surface area contributed by atoms with Gasteiger partial charge in [-0.25, -0.2) is 4.98 Å². The quantitative estimate of drug-likeness (QED) is 0.747. The number of halogens is 1. The molecule has 104 valence electrons. The van der Waals surface area contributed by atoms with Crippen LogP contribution in [-0.4, -0.2) is 27.0 Å². The Labute approximate surface area is 124 Å². The zero-order chi connectivity index (χ0) is 14.8. The third kappa shape index (κ3) is 2.44. The molecule has 3 aromatic rings. The van der Waals surface area contributed by atoms with Crippen LogP contribution in [0.25, 0.3) is 11.2 Å². The van der Waals surface area contributed by atoms with Crippen LogP contribution in [0.5, 0.6) is 17.4 Å². The number of methoxy groups -OCH3 is 1. The van der Waals surface area contributed by atoms with Crippen molar-refractivity contribution in [3.8, 4) is 23.4 Å². The van der Waals surface area contributed by atoms with E-state index < -0.39 is 0 Å². The maximum Gasteiger partial charge on any atom is 0.250 e. The molecule has 1 N–H and O–H groups in total. The van der Waals surface area contributed by atoms with E-state index in [4.69, 9.17) is 26.3 Å². The van der Waals surface area contributed by atoms with Gasteiger partial charge in [0.1, 0.15) is 5.52 Å². The van der Waals surface area contributed by atoms with Crippen molar-refractivity contribution in [2.24, 2.45) is 0 Å². The monoisotopic (exact) mass is 301 g/mol. The zero-order valence-electron chi connectivity index (χ0n) is 10.8. The van der Waals surface area contributed by atoms with Crippen LogP contribution in [0, 0.1) is 11.3 Å².